The first-order valence-electron chi connectivity index (χ1n) is 5.37. The van der Waals surface area contributed by atoms with Crippen LogP contribution in [-0.2, 0) is 4.74 Å². The van der Waals surface area contributed by atoms with E-state index in [1.165, 1.54) is 6.42 Å². The van der Waals surface area contributed by atoms with Gasteiger partial charge in [-0.3, -0.25) is 0 Å². The second-order valence-corrected chi connectivity index (χ2v) is 3.79. The Balaban J connectivity index is 1.96. The Bertz CT molecular complexity index is 308. The van der Waals surface area contributed by atoms with Crippen molar-refractivity contribution in [3.63, 3.8) is 0 Å². The molecule has 3 heteroatoms. The summed E-state index contributed by atoms with van der Waals surface area (Å²) in [5.41, 5.74) is 1.10. The van der Waals surface area contributed by atoms with E-state index >= 15 is 0 Å². The first kappa shape index (κ1) is 10.3. The highest BCUT2D eigenvalue weighted by atomic mass is 16.5. The average molecular weight is 207 g/mol. The molecule has 0 bridgehead atoms. The third-order valence-corrected chi connectivity index (χ3v) is 2.60. The molecule has 0 saturated carbocycles. The van der Waals surface area contributed by atoms with E-state index in [4.69, 9.17) is 9.47 Å². The fourth-order valence-corrected chi connectivity index (χ4v) is 1.80. The lowest BCUT2D eigenvalue weighted by Gasteiger charge is -2.24. The fraction of sp³-hybridized carbons (Fsp3) is 0.500. The third kappa shape index (κ3) is 2.86. The van der Waals surface area contributed by atoms with Gasteiger partial charge in [0.05, 0.1) is 13.7 Å². The molecule has 1 heterocycles. The number of anilines is 1. The van der Waals surface area contributed by atoms with E-state index in [-0.39, 0.29) is 0 Å². The Kier molecular flexibility index (Phi) is 3.45. The molecule has 1 fully saturated rings. The number of rotatable bonds is 3. The highest BCUT2D eigenvalue weighted by Crippen LogP contribution is 2.19. The van der Waals surface area contributed by atoms with E-state index in [0.29, 0.717) is 6.04 Å². The molecule has 15 heavy (non-hydrogen) atoms. The quantitative estimate of drug-likeness (QED) is 0.824. The number of methoxy groups -OCH3 is 1. The van der Waals surface area contributed by atoms with Crippen LogP contribution in [0.4, 0.5) is 5.69 Å². The molecule has 1 unspecified atom stereocenters. The van der Waals surface area contributed by atoms with Crippen LogP contribution >= 0.6 is 0 Å². The van der Waals surface area contributed by atoms with Gasteiger partial charge in [0.1, 0.15) is 5.75 Å². The Morgan fingerprint density at radius 2 is 2.40 bits per heavy atom. The van der Waals surface area contributed by atoms with Crippen molar-refractivity contribution in [3.8, 4) is 5.75 Å². The summed E-state index contributed by atoms with van der Waals surface area (Å²) in [6, 6.07) is 8.44. The van der Waals surface area contributed by atoms with Crippen LogP contribution in [0.3, 0.4) is 0 Å². The first-order valence-corrected chi connectivity index (χ1v) is 5.37. The lowest BCUT2D eigenvalue weighted by molar-refractivity contribution is 0.0876. The number of hydrogen-bond donors (Lipinski definition) is 1. The van der Waals surface area contributed by atoms with Crippen molar-refractivity contribution in [2.45, 2.75) is 18.9 Å². The van der Waals surface area contributed by atoms with Gasteiger partial charge in [0, 0.05) is 24.4 Å². The van der Waals surface area contributed by atoms with E-state index in [9.17, 15) is 0 Å². The molecule has 0 amide bonds. The molecular weight excluding hydrogens is 190 g/mol. The third-order valence-electron chi connectivity index (χ3n) is 2.60. The molecule has 1 saturated heterocycles. The minimum absolute atomic E-state index is 0.436. The van der Waals surface area contributed by atoms with Crippen LogP contribution in [-0.4, -0.2) is 26.4 Å². The van der Waals surface area contributed by atoms with Crippen LogP contribution < -0.4 is 10.1 Å². The molecule has 0 aromatic heterocycles. The van der Waals surface area contributed by atoms with E-state index in [1.807, 2.05) is 18.2 Å². The molecule has 1 aliphatic rings. The SMILES string of the molecule is COc1cccc(NC2CCCOC2)c1. The first-order chi connectivity index (χ1) is 7.38. The molecular formula is C12H17NO2. The number of hydrogen-bond acceptors (Lipinski definition) is 3. The molecule has 1 aliphatic heterocycles. The van der Waals surface area contributed by atoms with Crippen molar-refractivity contribution in [3.05, 3.63) is 24.3 Å². The Morgan fingerprint density at radius 1 is 1.47 bits per heavy atom. The van der Waals surface area contributed by atoms with Crippen molar-refractivity contribution >= 4 is 5.69 Å². The van der Waals surface area contributed by atoms with E-state index in [2.05, 4.69) is 11.4 Å². The van der Waals surface area contributed by atoms with E-state index in [1.54, 1.807) is 7.11 Å². The zero-order valence-electron chi connectivity index (χ0n) is 9.03. The van der Waals surface area contributed by atoms with Crippen LogP contribution in [0.2, 0.25) is 0 Å². The predicted molar refractivity (Wildman–Crippen MR) is 60.5 cm³/mol. The Labute approximate surface area is 90.4 Å². The van der Waals surface area contributed by atoms with Crippen molar-refractivity contribution in [1.82, 2.24) is 0 Å². The maximum absolute atomic E-state index is 5.42. The van der Waals surface area contributed by atoms with Crippen LogP contribution in [0.5, 0.6) is 5.75 Å². The molecule has 1 aromatic carbocycles. The molecule has 2 rings (SSSR count). The van der Waals surface area contributed by atoms with Gasteiger partial charge in [-0.2, -0.15) is 0 Å². The molecule has 1 atom stereocenters. The van der Waals surface area contributed by atoms with Gasteiger partial charge in [0.2, 0.25) is 0 Å². The smallest absolute Gasteiger partial charge is 0.120 e. The van der Waals surface area contributed by atoms with Crippen LogP contribution in [0.1, 0.15) is 12.8 Å². The predicted octanol–water partition coefficient (Wildman–Crippen LogP) is 2.29. The molecule has 82 valence electrons. The maximum atomic E-state index is 5.42. The summed E-state index contributed by atoms with van der Waals surface area (Å²) in [6.45, 7) is 1.70. The lowest BCUT2D eigenvalue weighted by atomic mass is 10.1. The van der Waals surface area contributed by atoms with Gasteiger partial charge in [-0.05, 0) is 25.0 Å². The van der Waals surface area contributed by atoms with Crippen molar-refractivity contribution in [2.75, 3.05) is 25.6 Å². The van der Waals surface area contributed by atoms with Crippen LogP contribution in [0.15, 0.2) is 24.3 Å². The summed E-state index contributed by atoms with van der Waals surface area (Å²) in [4.78, 5) is 0. The van der Waals surface area contributed by atoms with Gasteiger partial charge < -0.3 is 14.8 Å². The minimum Gasteiger partial charge on any atom is -0.497 e. The monoisotopic (exact) mass is 207 g/mol. The summed E-state index contributed by atoms with van der Waals surface area (Å²) < 4.78 is 10.6. The Hall–Kier alpha value is -1.22. The van der Waals surface area contributed by atoms with Crippen molar-refractivity contribution in [2.24, 2.45) is 0 Å². The maximum Gasteiger partial charge on any atom is 0.120 e. The number of ether oxygens (including phenoxy) is 2. The summed E-state index contributed by atoms with van der Waals surface area (Å²) >= 11 is 0. The number of benzene rings is 1. The van der Waals surface area contributed by atoms with Crippen molar-refractivity contribution < 1.29 is 9.47 Å². The molecule has 1 N–H and O–H groups in total. The minimum atomic E-state index is 0.436. The zero-order chi connectivity index (χ0) is 10.5. The summed E-state index contributed by atoms with van der Waals surface area (Å²) in [6.07, 6.45) is 2.32. The summed E-state index contributed by atoms with van der Waals surface area (Å²) in [5.74, 6) is 0.886. The Morgan fingerprint density at radius 3 is 3.13 bits per heavy atom. The van der Waals surface area contributed by atoms with Gasteiger partial charge in [-0.25, -0.2) is 0 Å². The summed E-state index contributed by atoms with van der Waals surface area (Å²) in [7, 11) is 1.68. The highest BCUT2D eigenvalue weighted by Gasteiger charge is 2.13. The molecule has 3 nitrogen and oxygen atoms in total. The number of nitrogens with one attached hydrogen (secondary N) is 1. The van der Waals surface area contributed by atoms with Crippen LogP contribution in [0.25, 0.3) is 0 Å². The van der Waals surface area contributed by atoms with E-state index in [0.717, 1.165) is 31.1 Å². The lowest BCUT2D eigenvalue weighted by Crippen LogP contribution is -2.29. The van der Waals surface area contributed by atoms with Gasteiger partial charge >= 0.3 is 0 Å². The molecule has 0 radical (unpaired) electrons. The van der Waals surface area contributed by atoms with Gasteiger partial charge in [-0.1, -0.05) is 6.07 Å². The average Bonchev–Trinajstić information content (AvgIpc) is 2.31. The zero-order valence-corrected chi connectivity index (χ0v) is 9.03. The molecule has 0 spiro atoms. The normalized spacial score (nSPS) is 21.0. The largest absolute Gasteiger partial charge is 0.497 e. The van der Waals surface area contributed by atoms with Crippen LogP contribution in [0, 0.1) is 0 Å². The highest BCUT2D eigenvalue weighted by molar-refractivity contribution is 5.48. The topological polar surface area (TPSA) is 30.5 Å². The van der Waals surface area contributed by atoms with Gasteiger partial charge in [-0.15, -0.1) is 0 Å². The van der Waals surface area contributed by atoms with Crippen molar-refractivity contribution in [1.29, 1.82) is 0 Å². The second kappa shape index (κ2) is 5.03. The molecule has 0 aliphatic carbocycles. The van der Waals surface area contributed by atoms with Gasteiger partial charge in [0.15, 0.2) is 0 Å². The second-order valence-electron chi connectivity index (χ2n) is 3.79. The van der Waals surface area contributed by atoms with E-state index < -0.39 is 0 Å². The molecule has 1 aromatic rings. The fourth-order valence-electron chi connectivity index (χ4n) is 1.80. The summed E-state index contributed by atoms with van der Waals surface area (Å²) in [5, 5.41) is 3.45. The standard InChI is InChI=1S/C12H17NO2/c1-14-12-6-2-4-10(8-12)13-11-5-3-7-15-9-11/h2,4,6,8,11,13H,3,5,7,9H2,1H3. The van der Waals surface area contributed by atoms with Gasteiger partial charge in [0.25, 0.3) is 0 Å².